The van der Waals surface area contributed by atoms with Gasteiger partial charge < -0.3 is 15.4 Å². The fraction of sp³-hybridized carbons (Fsp3) is 0.263. The number of ether oxygens (including phenoxy) is 1. The number of hydrogen-bond donors (Lipinski definition) is 2. The van der Waals surface area contributed by atoms with Crippen molar-refractivity contribution in [3.8, 4) is 5.75 Å². The summed E-state index contributed by atoms with van der Waals surface area (Å²) in [5, 5.41) is 5.40. The summed E-state index contributed by atoms with van der Waals surface area (Å²) in [5.41, 5.74) is 1.39. The zero-order valence-corrected chi connectivity index (χ0v) is 14.8. The molecule has 2 N–H and O–H groups in total. The summed E-state index contributed by atoms with van der Waals surface area (Å²) >= 11 is 0. The highest BCUT2D eigenvalue weighted by Gasteiger charge is 2.28. The summed E-state index contributed by atoms with van der Waals surface area (Å²) in [5.74, 6) is -0.655. The molecule has 0 spiro atoms. The van der Waals surface area contributed by atoms with E-state index in [4.69, 9.17) is 0 Å². The van der Waals surface area contributed by atoms with Gasteiger partial charge in [-0.25, -0.2) is 0 Å². The molecule has 144 valence electrons. The van der Waals surface area contributed by atoms with Gasteiger partial charge in [0.2, 0.25) is 5.91 Å². The molecule has 0 bridgehead atoms. The van der Waals surface area contributed by atoms with Gasteiger partial charge in [-0.3, -0.25) is 9.59 Å². The summed E-state index contributed by atoms with van der Waals surface area (Å²) < 4.78 is 40.9. The van der Waals surface area contributed by atoms with Crippen LogP contribution in [0.2, 0.25) is 0 Å². The normalized spacial score (nSPS) is 11.2. The quantitative estimate of drug-likeness (QED) is 0.777. The van der Waals surface area contributed by atoms with E-state index >= 15 is 0 Å². The lowest BCUT2D eigenvalue weighted by Crippen LogP contribution is -2.19. The number of hydrogen-bond acceptors (Lipinski definition) is 3. The van der Waals surface area contributed by atoms with Crippen LogP contribution in [-0.4, -0.2) is 24.6 Å². The van der Waals surface area contributed by atoms with E-state index in [0.29, 0.717) is 11.4 Å². The molecular weight excluding hydrogens is 361 g/mol. The van der Waals surface area contributed by atoms with E-state index in [1.807, 2.05) is 0 Å². The number of halogens is 3. The van der Waals surface area contributed by atoms with Crippen molar-refractivity contribution in [3.05, 3.63) is 54.1 Å². The van der Waals surface area contributed by atoms with Crippen LogP contribution >= 0.6 is 0 Å². The molecule has 0 heterocycles. The minimum absolute atomic E-state index is 0.0223. The van der Waals surface area contributed by atoms with Crippen molar-refractivity contribution in [1.29, 1.82) is 0 Å². The van der Waals surface area contributed by atoms with Crippen LogP contribution in [0.5, 0.6) is 5.75 Å². The number of alkyl halides is 3. The molecule has 0 unspecified atom stereocenters. The van der Waals surface area contributed by atoms with Crippen molar-refractivity contribution in [2.45, 2.75) is 20.0 Å². The summed E-state index contributed by atoms with van der Waals surface area (Å²) in [6, 6.07) is 11.9. The molecule has 8 heteroatoms. The van der Waals surface area contributed by atoms with Gasteiger partial charge in [0.1, 0.15) is 5.75 Å². The van der Waals surface area contributed by atoms with Gasteiger partial charge in [0.05, 0.1) is 0 Å². The predicted molar refractivity (Wildman–Crippen MR) is 95.9 cm³/mol. The maximum Gasteiger partial charge on any atom is 0.422 e. The first-order chi connectivity index (χ1) is 12.6. The van der Waals surface area contributed by atoms with Crippen LogP contribution in [0.25, 0.3) is 0 Å². The van der Waals surface area contributed by atoms with Crippen LogP contribution in [-0.2, 0) is 4.79 Å². The lowest BCUT2D eigenvalue weighted by molar-refractivity contribution is -0.153. The molecular formula is C19H19F3N2O3. The largest absolute Gasteiger partial charge is 0.484 e. The molecule has 5 nitrogen and oxygen atoms in total. The Hall–Kier alpha value is -3.03. The van der Waals surface area contributed by atoms with Gasteiger partial charge in [0.15, 0.2) is 6.61 Å². The Labute approximate surface area is 154 Å². The second-order valence-electron chi connectivity index (χ2n) is 6.10. The highest BCUT2D eigenvalue weighted by Crippen LogP contribution is 2.20. The third-order valence-corrected chi connectivity index (χ3v) is 3.45. The van der Waals surface area contributed by atoms with E-state index in [-0.39, 0.29) is 23.1 Å². The van der Waals surface area contributed by atoms with Crippen molar-refractivity contribution in [2.75, 3.05) is 17.2 Å². The number of anilines is 2. The van der Waals surface area contributed by atoms with E-state index in [0.717, 1.165) is 0 Å². The number of carbonyl (C=O) groups is 2. The summed E-state index contributed by atoms with van der Waals surface area (Å²) in [6.45, 7) is 2.17. The second-order valence-corrected chi connectivity index (χ2v) is 6.10. The van der Waals surface area contributed by atoms with Crippen LogP contribution in [0.4, 0.5) is 24.5 Å². The smallest absolute Gasteiger partial charge is 0.422 e. The second kappa shape index (κ2) is 8.57. The minimum Gasteiger partial charge on any atom is -0.484 e. The molecule has 2 aromatic carbocycles. The Kier molecular flexibility index (Phi) is 6.44. The minimum atomic E-state index is -4.42. The van der Waals surface area contributed by atoms with Crippen molar-refractivity contribution < 1.29 is 27.5 Å². The van der Waals surface area contributed by atoms with Crippen LogP contribution in [0, 0.1) is 5.92 Å². The number of rotatable bonds is 6. The van der Waals surface area contributed by atoms with Crippen LogP contribution in [0.15, 0.2) is 48.5 Å². The molecule has 0 aliphatic carbocycles. The van der Waals surface area contributed by atoms with Crippen molar-refractivity contribution >= 4 is 23.2 Å². The molecule has 0 aromatic heterocycles. The van der Waals surface area contributed by atoms with Crippen LogP contribution in [0.1, 0.15) is 24.2 Å². The molecule has 0 saturated carbocycles. The molecule has 0 fully saturated rings. The zero-order valence-electron chi connectivity index (χ0n) is 14.8. The van der Waals surface area contributed by atoms with Gasteiger partial charge in [0.25, 0.3) is 5.91 Å². The fourth-order valence-electron chi connectivity index (χ4n) is 1.99. The van der Waals surface area contributed by atoms with Gasteiger partial charge in [-0.05, 0) is 48.5 Å². The van der Waals surface area contributed by atoms with Gasteiger partial charge >= 0.3 is 6.18 Å². The Morgan fingerprint density at radius 3 is 1.93 bits per heavy atom. The number of carbonyl (C=O) groups excluding carboxylic acids is 2. The Bertz CT molecular complexity index is 785. The lowest BCUT2D eigenvalue weighted by atomic mass is 10.2. The van der Waals surface area contributed by atoms with Crippen LogP contribution in [0.3, 0.4) is 0 Å². The summed E-state index contributed by atoms with van der Waals surface area (Å²) in [6.07, 6.45) is -4.42. The molecule has 2 aromatic rings. The average Bonchev–Trinajstić information content (AvgIpc) is 2.61. The molecule has 0 aliphatic heterocycles. The van der Waals surface area contributed by atoms with E-state index in [1.54, 1.807) is 38.1 Å². The van der Waals surface area contributed by atoms with Crippen LogP contribution < -0.4 is 15.4 Å². The Morgan fingerprint density at radius 2 is 1.44 bits per heavy atom. The highest BCUT2D eigenvalue weighted by atomic mass is 19.4. The van der Waals surface area contributed by atoms with E-state index < -0.39 is 18.7 Å². The van der Waals surface area contributed by atoms with E-state index in [2.05, 4.69) is 15.4 Å². The predicted octanol–water partition coefficient (Wildman–Crippen LogP) is 4.47. The van der Waals surface area contributed by atoms with E-state index in [1.165, 1.54) is 24.3 Å². The molecule has 2 amide bonds. The Balaban J connectivity index is 1.93. The molecule has 2 rings (SSSR count). The van der Waals surface area contributed by atoms with Crippen molar-refractivity contribution in [1.82, 2.24) is 0 Å². The first-order valence-corrected chi connectivity index (χ1v) is 8.16. The standard InChI is InChI=1S/C19H19F3N2O3/c1-12(2)17(25)23-14-5-7-15(8-6-14)24-18(26)13-3-9-16(10-4-13)27-11-19(20,21)22/h3-10,12H,11H2,1-2H3,(H,23,25)(H,24,26). The molecule has 0 atom stereocenters. The molecule has 0 saturated heterocycles. The van der Waals surface area contributed by atoms with Gasteiger partial charge in [-0.1, -0.05) is 13.8 Å². The number of amides is 2. The lowest BCUT2D eigenvalue weighted by Gasteiger charge is -2.10. The van der Waals surface area contributed by atoms with Gasteiger partial charge in [0, 0.05) is 22.9 Å². The first kappa shape index (κ1) is 20.3. The topological polar surface area (TPSA) is 67.4 Å². The van der Waals surface area contributed by atoms with E-state index in [9.17, 15) is 22.8 Å². The third-order valence-electron chi connectivity index (χ3n) is 3.45. The number of benzene rings is 2. The fourth-order valence-corrected chi connectivity index (χ4v) is 1.99. The molecule has 0 aliphatic rings. The SMILES string of the molecule is CC(C)C(=O)Nc1ccc(NC(=O)c2ccc(OCC(F)(F)F)cc2)cc1. The van der Waals surface area contributed by atoms with Crippen molar-refractivity contribution in [2.24, 2.45) is 5.92 Å². The monoisotopic (exact) mass is 380 g/mol. The number of nitrogens with one attached hydrogen (secondary N) is 2. The third kappa shape index (κ3) is 6.65. The maximum absolute atomic E-state index is 12.2. The summed E-state index contributed by atoms with van der Waals surface area (Å²) in [4.78, 5) is 23.8. The van der Waals surface area contributed by atoms with Crippen molar-refractivity contribution in [3.63, 3.8) is 0 Å². The highest BCUT2D eigenvalue weighted by molar-refractivity contribution is 6.04. The summed E-state index contributed by atoms with van der Waals surface area (Å²) in [7, 11) is 0. The molecule has 0 radical (unpaired) electrons. The zero-order chi connectivity index (χ0) is 20.0. The molecule has 27 heavy (non-hydrogen) atoms. The van der Waals surface area contributed by atoms with Gasteiger partial charge in [-0.15, -0.1) is 0 Å². The Morgan fingerprint density at radius 1 is 0.926 bits per heavy atom. The first-order valence-electron chi connectivity index (χ1n) is 8.16. The average molecular weight is 380 g/mol. The maximum atomic E-state index is 12.2. The van der Waals surface area contributed by atoms with Gasteiger partial charge in [-0.2, -0.15) is 13.2 Å².